The van der Waals surface area contributed by atoms with Crippen molar-refractivity contribution in [3.8, 4) is 5.88 Å². The van der Waals surface area contributed by atoms with Gasteiger partial charge in [0.25, 0.3) is 5.91 Å². The molecule has 8 heteroatoms. The molecule has 0 fully saturated rings. The quantitative estimate of drug-likeness (QED) is 0.420. The molecule has 1 N–H and O–H groups in total. The third-order valence-corrected chi connectivity index (χ3v) is 6.55. The van der Waals surface area contributed by atoms with E-state index < -0.39 is 6.61 Å². The summed E-state index contributed by atoms with van der Waals surface area (Å²) in [5.41, 5.74) is 5.05. The van der Waals surface area contributed by atoms with Gasteiger partial charge in [0, 0.05) is 48.9 Å². The van der Waals surface area contributed by atoms with E-state index in [0.29, 0.717) is 18.7 Å². The number of hydrogen-bond donors (Lipinski definition) is 1. The van der Waals surface area contributed by atoms with Gasteiger partial charge in [-0.25, -0.2) is 4.98 Å². The van der Waals surface area contributed by atoms with E-state index in [4.69, 9.17) is 0 Å². The topological polar surface area (TPSA) is 54.5 Å². The van der Waals surface area contributed by atoms with E-state index >= 15 is 0 Å². The fourth-order valence-electron chi connectivity index (χ4n) is 3.97. The maximum atomic E-state index is 12.7. The smallest absolute Gasteiger partial charge is 0.388 e. The zero-order chi connectivity index (χ0) is 23.9. The van der Waals surface area contributed by atoms with E-state index in [0.717, 1.165) is 36.4 Å². The molecule has 0 unspecified atom stereocenters. The van der Waals surface area contributed by atoms with Crippen LogP contribution in [-0.4, -0.2) is 34.7 Å². The van der Waals surface area contributed by atoms with Crippen LogP contribution in [0.1, 0.15) is 39.5 Å². The zero-order valence-electron chi connectivity index (χ0n) is 19.0. The summed E-state index contributed by atoms with van der Waals surface area (Å²) < 4.78 is 28.8. The van der Waals surface area contributed by atoms with Crippen LogP contribution in [0, 0.1) is 0 Å². The van der Waals surface area contributed by atoms with E-state index in [1.807, 2.05) is 18.2 Å². The summed E-state index contributed by atoms with van der Waals surface area (Å²) in [5, 5.41) is 3.01. The minimum absolute atomic E-state index is 0.0746. The third-order valence-electron chi connectivity index (χ3n) is 5.66. The maximum absolute atomic E-state index is 12.7. The number of hydrogen-bond acceptors (Lipinski definition) is 5. The van der Waals surface area contributed by atoms with Gasteiger partial charge < -0.3 is 10.1 Å². The van der Waals surface area contributed by atoms with Gasteiger partial charge in [-0.3, -0.25) is 9.69 Å². The number of halogens is 2. The SMILES string of the molecule is CCSc1ccc(CNC(=O)c2ccc3c(c2)CCN(Cc2ccc(OC(F)F)nc2)C3)cc1. The second-order valence-corrected chi connectivity index (χ2v) is 9.42. The highest BCUT2D eigenvalue weighted by atomic mass is 32.2. The number of pyridine rings is 1. The van der Waals surface area contributed by atoms with Gasteiger partial charge in [-0.05, 0) is 58.7 Å². The molecular weight excluding hydrogens is 456 g/mol. The van der Waals surface area contributed by atoms with Crippen LogP contribution in [0.2, 0.25) is 0 Å². The van der Waals surface area contributed by atoms with Crippen LogP contribution in [0.3, 0.4) is 0 Å². The number of alkyl halides is 2. The van der Waals surface area contributed by atoms with E-state index in [9.17, 15) is 13.6 Å². The van der Waals surface area contributed by atoms with E-state index in [1.165, 1.54) is 22.1 Å². The number of nitrogens with zero attached hydrogens (tertiary/aromatic N) is 2. The summed E-state index contributed by atoms with van der Waals surface area (Å²) in [6.07, 6.45) is 2.41. The lowest BCUT2D eigenvalue weighted by molar-refractivity contribution is -0.0528. The lowest BCUT2D eigenvalue weighted by atomic mass is 9.96. The average Bonchev–Trinajstić information content (AvgIpc) is 2.84. The summed E-state index contributed by atoms with van der Waals surface area (Å²) >= 11 is 1.80. The van der Waals surface area contributed by atoms with Crippen LogP contribution >= 0.6 is 11.8 Å². The second-order valence-electron chi connectivity index (χ2n) is 8.09. The lowest BCUT2D eigenvalue weighted by Crippen LogP contribution is -2.30. The monoisotopic (exact) mass is 483 g/mol. The molecule has 3 aromatic rings. The highest BCUT2D eigenvalue weighted by Crippen LogP contribution is 2.23. The Morgan fingerprint density at radius 1 is 1.12 bits per heavy atom. The van der Waals surface area contributed by atoms with Gasteiger partial charge in [-0.15, -0.1) is 11.8 Å². The number of amides is 1. The molecule has 34 heavy (non-hydrogen) atoms. The van der Waals surface area contributed by atoms with Crippen LogP contribution < -0.4 is 10.1 Å². The zero-order valence-corrected chi connectivity index (χ0v) is 19.8. The van der Waals surface area contributed by atoms with Gasteiger partial charge >= 0.3 is 6.61 Å². The fraction of sp³-hybridized carbons (Fsp3) is 0.308. The van der Waals surface area contributed by atoms with Gasteiger partial charge in [0.05, 0.1) is 0 Å². The van der Waals surface area contributed by atoms with Crippen LogP contribution in [-0.2, 0) is 26.1 Å². The molecule has 1 aliphatic heterocycles. The van der Waals surface area contributed by atoms with Crippen molar-refractivity contribution in [2.24, 2.45) is 0 Å². The van der Waals surface area contributed by atoms with E-state index in [-0.39, 0.29) is 11.8 Å². The van der Waals surface area contributed by atoms with Gasteiger partial charge in [-0.2, -0.15) is 8.78 Å². The third kappa shape index (κ3) is 6.55. The second kappa shape index (κ2) is 11.4. The summed E-state index contributed by atoms with van der Waals surface area (Å²) in [7, 11) is 0. The van der Waals surface area contributed by atoms with Gasteiger partial charge in [0.1, 0.15) is 0 Å². The Kier molecular flexibility index (Phi) is 8.13. The van der Waals surface area contributed by atoms with Gasteiger partial charge in [-0.1, -0.05) is 31.2 Å². The minimum Gasteiger partial charge on any atom is -0.417 e. The minimum atomic E-state index is -2.87. The van der Waals surface area contributed by atoms with Crippen LogP contribution in [0.15, 0.2) is 65.7 Å². The number of carbonyl (C=O) groups excluding carboxylic acids is 1. The molecule has 1 amide bonds. The Balaban J connectivity index is 1.31. The summed E-state index contributed by atoms with van der Waals surface area (Å²) in [5.74, 6) is 0.880. The maximum Gasteiger partial charge on any atom is 0.388 e. The predicted octanol–water partition coefficient (Wildman–Crippen LogP) is 5.28. The largest absolute Gasteiger partial charge is 0.417 e. The Morgan fingerprint density at radius 3 is 2.62 bits per heavy atom. The van der Waals surface area contributed by atoms with Crippen LogP contribution in [0.5, 0.6) is 5.88 Å². The molecule has 0 spiro atoms. The summed E-state index contributed by atoms with van der Waals surface area (Å²) in [4.78, 5) is 20.1. The number of nitrogens with one attached hydrogen (secondary N) is 1. The number of benzene rings is 2. The first-order chi connectivity index (χ1) is 16.5. The molecular formula is C26H27F2N3O2S. The fourth-order valence-corrected chi connectivity index (χ4v) is 4.63. The first-order valence-electron chi connectivity index (χ1n) is 11.2. The molecule has 5 nitrogen and oxygen atoms in total. The van der Waals surface area contributed by atoms with Crippen LogP contribution in [0.25, 0.3) is 0 Å². The Morgan fingerprint density at radius 2 is 1.91 bits per heavy atom. The Bertz CT molecular complexity index is 1110. The normalized spacial score (nSPS) is 13.5. The molecule has 2 aromatic carbocycles. The molecule has 0 saturated heterocycles. The Labute approximate surface area is 202 Å². The van der Waals surface area contributed by atoms with Crippen LogP contribution in [0.4, 0.5) is 8.78 Å². The molecule has 2 heterocycles. The number of fused-ring (bicyclic) bond motifs is 1. The van der Waals surface area contributed by atoms with Gasteiger partial charge in [0.15, 0.2) is 0 Å². The number of thioether (sulfide) groups is 1. The van der Waals surface area contributed by atoms with Crippen molar-refractivity contribution in [1.29, 1.82) is 0 Å². The average molecular weight is 484 g/mol. The van der Waals surface area contributed by atoms with Crippen molar-refractivity contribution in [2.75, 3.05) is 12.3 Å². The highest BCUT2D eigenvalue weighted by Gasteiger charge is 2.18. The molecule has 178 valence electrons. The summed E-state index contributed by atoms with van der Waals surface area (Å²) in [6.45, 7) is 2.01. The molecule has 0 bridgehead atoms. The van der Waals surface area contributed by atoms with Crippen molar-refractivity contribution < 1.29 is 18.3 Å². The van der Waals surface area contributed by atoms with Crippen molar-refractivity contribution in [3.63, 3.8) is 0 Å². The molecule has 0 radical (unpaired) electrons. The molecule has 4 rings (SSSR count). The summed E-state index contributed by atoms with van der Waals surface area (Å²) in [6, 6.07) is 17.4. The van der Waals surface area contributed by atoms with Crippen molar-refractivity contribution in [2.45, 2.75) is 44.5 Å². The van der Waals surface area contributed by atoms with Crippen molar-refractivity contribution in [3.05, 3.63) is 88.6 Å². The first-order valence-corrected chi connectivity index (χ1v) is 12.2. The van der Waals surface area contributed by atoms with Gasteiger partial charge in [0.2, 0.25) is 5.88 Å². The number of ether oxygens (including phenoxy) is 1. The predicted molar refractivity (Wildman–Crippen MR) is 129 cm³/mol. The Hall–Kier alpha value is -2.97. The highest BCUT2D eigenvalue weighted by molar-refractivity contribution is 7.99. The lowest BCUT2D eigenvalue weighted by Gasteiger charge is -2.29. The molecule has 1 aromatic heterocycles. The molecule has 0 aliphatic carbocycles. The standard InChI is InChI=1S/C26H27F2N3O2S/c1-2-34-23-8-3-18(4-9-23)14-30-25(32)21-6-7-22-17-31(12-11-20(22)13-21)16-19-5-10-24(29-15-19)33-26(27)28/h3-10,13,15,26H,2,11-12,14,16-17H2,1H3,(H,30,32). The molecule has 1 aliphatic rings. The first kappa shape index (κ1) is 24.2. The molecule has 0 saturated carbocycles. The van der Waals surface area contributed by atoms with Crippen molar-refractivity contribution in [1.82, 2.24) is 15.2 Å². The van der Waals surface area contributed by atoms with E-state index in [1.54, 1.807) is 24.0 Å². The number of aromatic nitrogens is 1. The van der Waals surface area contributed by atoms with E-state index in [2.05, 4.69) is 51.1 Å². The number of rotatable bonds is 9. The number of carbonyl (C=O) groups is 1. The molecule has 0 atom stereocenters. The van der Waals surface area contributed by atoms with Crippen molar-refractivity contribution >= 4 is 17.7 Å².